The van der Waals surface area contributed by atoms with Crippen molar-refractivity contribution in [1.29, 1.82) is 0 Å². The number of hydrazine groups is 1. The number of benzene rings is 1. The van der Waals surface area contributed by atoms with Crippen LogP contribution in [0.2, 0.25) is 0 Å². The molecule has 1 saturated heterocycles. The van der Waals surface area contributed by atoms with Crippen LogP contribution < -0.4 is 20.5 Å². The first-order chi connectivity index (χ1) is 13.8. The first-order valence-corrected chi connectivity index (χ1v) is 12.3. The van der Waals surface area contributed by atoms with Crippen LogP contribution in [0.15, 0.2) is 41.4 Å². The molecule has 7 nitrogen and oxygen atoms in total. The molecule has 29 heavy (non-hydrogen) atoms. The summed E-state index contributed by atoms with van der Waals surface area (Å²) in [5, 5.41) is 6.62. The quantitative estimate of drug-likeness (QED) is 0.259. The number of anilines is 1. The van der Waals surface area contributed by atoms with Crippen molar-refractivity contribution in [2.24, 2.45) is 0 Å². The van der Waals surface area contributed by atoms with Gasteiger partial charge in [0, 0.05) is 19.0 Å². The molecule has 2 unspecified atom stereocenters. The zero-order chi connectivity index (χ0) is 20.9. The standard InChI is InChI=1S/C17H22BrF2N5O2S2/c18-14(23-12-8-9-21-10-12)6-7-15(19)25(17-22-11-16(20)28-17)24-29(26,27)13-4-2-1-3-5-13/h1-5,11-12,14-15,21,23-24H,6-10H2/t12-,14?,15?/m1/s1. The van der Waals surface area contributed by atoms with Crippen LogP contribution in [0.3, 0.4) is 0 Å². The molecule has 0 amide bonds. The largest absolute Gasteiger partial charge is 0.315 e. The summed E-state index contributed by atoms with van der Waals surface area (Å²) >= 11 is 4.05. The van der Waals surface area contributed by atoms with Crippen molar-refractivity contribution in [3.8, 4) is 0 Å². The van der Waals surface area contributed by atoms with Gasteiger partial charge in [-0.2, -0.15) is 4.39 Å². The lowest BCUT2D eigenvalue weighted by molar-refractivity contribution is 0.281. The minimum absolute atomic E-state index is 0.00156. The SMILES string of the molecule is O=S(=O)(NN(c1ncc(F)s1)C(F)CCC(Br)N[C@@H]1CCNC1)c1ccccc1. The maximum absolute atomic E-state index is 15.1. The number of nitrogens with one attached hydrogen (secondary N) is 3. The van der Waals surface area contributed by atoms with Gasteiger partial charge in [-0.15, -0.1) is 4.83 Å². The van der Waals surface area contributed by atoms with Crippen molar-refractivity contribution in [3.63, 3.8) is 0 Å². The fourth-order valence-corrected chi connectivity index (χ4v) is 5.32. The van der Waals surface area contributed by atoms with Gasteiger partial charge >= 0.3 is 0 Å². The average molecular weight is 510 g/mol. The van der Waals surface area contributed by atoms with Gasteiger partial charge in [-0.05, 0) is 31.5 Å². The fraction of sp³-hybridized carbons (Fsp3) is 0.471. The van der Waals surface area contributed by atoms with Gasteiger partial charge in [-0.1, -0.05) is 45.5 Å². The Bertz CT molecular complexity index is 881. The average Bonchev–Trinajstić information content (AvgIpc) is 3.36. The Morgan fingerprint density at radius 3 is 2.72 bits per heavy atom. The van der Waals surface area contributed by atoms with Crippen LogP contribution in [-0.2, 0) is 10.0 Å². The van der Waals surface area contributed by atoms with Crippen LogP contribution in [0.25, 0.3) is 0 Å². The molecule has 0 radical (unpaired) electrons. The number of aromatic nitrogens is 1. The molecule has 3 N–H and O–H groups in total. The smallest absolute Gasteiger partial charge is 0.257 e. The second-order valence-electron chi connectivity index (χ2n) is 6.56. The molecule has 2 heterocycles. The summed E-state index contributed by atoms with van der Waals surface area (Å²) in [6, 6.07) is 7.89. The highest BCUT2D eigenvalue weighted by atomic mass is 79.9. The van der Waals surface area contributed by atoms with E-state index in [4.69, 9.17) is 0 Å². The molecule has 3 atom stereocenters. The van der Waals surface area contributed by atoms with Gasteiger partial charge < -0.3 is 10.6 Å². The molecule has 0 bridgehead atoms. The van der Waals surface area contributed by atoms with E-state index in [0.29, 0.717) is 23.8 Å². The molecule has 0 aliphatic carbocycles. The lowest BCUT2D eigenvalue weighted by Gasteiger charge is -2.27. The molecule has 0 spiro atoms. The number of sulfonamides is 1. The van der Waals surface area contributed by atoms with Crippen LogP contribution in [0.1, 0.15) is 19.3 Å². The maximum Gasteiger partial charge on any atom is 0.257 e. The molecule has 0 saturated carbocycles. The van der Waals surface area contributed by atoms with E-state index < -0.39 is 21.4 Å². The number of thiazole rings is 1. The van der Waals surface area contributed by atoms with Gasteiger partial charge in [0.15, 0.2) is 11.4 Å². The fourth-order valence-electron chi connectivity index (χ4n) is 2.90. The third kappa shape index (κ3) is 6.40. The number of nitrogens with zero attached hydrogens (tertiary/aromatic N) is 2. The number of halogens is 3. The Labute approximate surface area is 181 Å². The van der Waals surface area contributed by atoms with Crippen molar-refractivity contribution in [2.75, 3.05) is 18.1 Å². The van der Waals surface area contributed by atoms with Crippen LogP contribution >= 0.6 is 27.3 Å². The van der Waals surface area contributed by atoms with Crippen molar-refractivity contribution in [2.45, 2.75) is 41.4 Å². The van der Waals surface area contributed by atoms with E-state index in [1.807, 2.05) is 0 Å². The predicted molar refractivity (Wildman–Crippen MR) is 113 cm³/mol. The summed E-state index contributed by atoms with van der Waals surface area (Å²) < 4.78 is 53.8. The van der Waals surface area contributed by atoms with Crippen LogP contribution in [0.4, 0.5) is 13.9 Å². The summed E-state index contributed by atoms with van der Waals surface area (Å²) in [5.74, 6) is 0. The normalized spacial score (nSPS) is 19.2. The molecule has 1 aliphatic rings. The van der Waals surface area contributed by atoms with Gasteiger partial charge in [0.1, 0.15) is 0 Å². The van der Waals surface area contributed by atoms with E-state index in [0.717, 1.165) is 30.7 Å². The zero-order valence-electron chi connectivity index (χ0n) is 15.4. The monoisotopic (exact) mass is 509 g/mol. The Morgan fingerprint density at radius 2 is 2.10 bits per heavy atom. The van der Waals surface area contributed by atoms with E-state index >= 15 is 4.39 Å². The molecule has 160 valence electrons. The molecular weight excluding hydrogens is 488 g/mol. The van der Waals surface area contributed by atoms with Crippen LogP contribution in [0, 0.1) is 5.13 Å². The zero-order valence-corrected chi connectivity index (χ0v) is 18.6. The molecule has 1 fully saturated rings. The third-order valence-electron chi connectivity index (χ3n) is 4.36. The first-order valence-electron chi connectivity index (χ1n) is 9.08. The third-order valence-corrected chi connectivity index (χ3v) is 7.20. The summed E-state index contributed by atoms with van der Waals surface area (Å²) in [4.78, 5) is 5.84. The first kappa shape index (κ1) is 22.5. The molecule has 1 aromatic carbocycles. The lowest BCUT2D eigenvalue weighted by Crippen LogP contribution is -2.47. The summed E-state index contributed by atoms with van der Waals surface area (Å²) in [6.07, 6.45) is 0.583. The Balaban J connectivity index is 1.68. The Kier molecular flexibility index (Phi) is 7.93. The molecular formula is C17H22BrF2N5O2S2. The molecule has 3 rings (SSSR count). The van der Waals surface area contributed by atoms with Gasteiger partial charge in [0.2, 0.25) is 5.13 Å². The predicted octanol–water partition coefficient (Wildman–Crippen LogP) is 2.73. The second-order valence-corrected chi connectivity index (χ2v) is 10.3. The lowest BCUT2D eigenvalue weighted by atomic mass is 10.2. The second kappa shape index (κ2) is 10.2. The van der Waals surface area contributed by atoms with E-state index in [-0.39, 0.29) is 21.4 Å². The topological polar surface area (TPSA) is 86.4 Å². The molecule has 1 aromatic heterocycles. The Hall–Kier alpha value is -1.18. The number of hydrogen-bond donors (Lipinski definition) is 3. The number of hydrogen-bond acceptors (Lipinski definition) is 7. The molecule has 2 aromatic rings. The van der Waals surface area contributed by atoms with E-state index in [9.17, 15) is 12.8 Å². The van der Waals surface area contributed by atoms with Crippen molar-refractivity contribution >= 4 is 42.4 Å². The Morgan fingerprint density at radius 1 is 1.34 bits per heavy atom. The summed E-state index contributed by atoms with van der Waals surface area (Å²) in [6.45, 7) is 1.79. The highest BCUT2D eigenvalue weighted by Crippen LogP contribution is 2.26. The molecule has 12 heteroatoms. The highest BCUT2D eigenvalue weighted by molar-refractivity contribution is 9.09. The van der Waals surface area contributed by atoms with Gasteiger partial charge in [0.25, 0.3) is 10.0 Å². The van der Waals surface area contributed by atoms with Crippen molar-refractivity contribution in [3.05, 3.63) is 41.7 Å². The summed E-state index contributed by atoms with van der Waals surface area (Å²) in [5.41, 5.74) is 0. The minimum atomic E-state index is -4.06. The van der Waals surface area contributed by atoms with Crippen LogP contribution in [-0.4, -0.2) is 43.8 Å². The number of rotatable bonds is 10. The van der Waals surface area contributed by atoms with Gasteiger partial charge in [0.05, 0.1) is 16.0 Å². The van der Waals surface area contributed by atoms with E-state index in [2.05, 4.69) is 36.4 Å². The van der Waals surface area contributed by atoms with Gasteiger partial charge in [-0.25, -0.2) is 22.8 Å². The van der Waals surface area contributed by atoms with Crippen LogP contribution in [0.5, 0.6) is 0 Å². The van der Waals surface area contributed by atoms with Gasteiger partial charge in [-0.3, -0.25) is 0 Å². The highest BCUT2D eigenvalue weighted by Gasteiger charge is 2.28. The van der Waals surface area contributed by atoms with Crippen molar-refractivity contribution in [1.82, 2.24) is 20.4 Å². The maximum atomic E-state index is 15.1. The molecule has 1 aliphatic heterocycles. The van der Waals surface area contributed by atoms with E-state index in [1.165, 1.54) is 12.1 Å². The number of alkyl halides is 2. The minimum Gasteiger partial charge on any atom is -0.315 e. The van der Waals surface area contributed by atoms with E-state index in [1.54, 1.807) is 18.2 Å². The van der Waals surface area contributed by atoms with Crippen molar-refractivity contribution < 1.29 is 17.2 Å². The summed E-state index contributed by atoms with van der Waals surface area (Å²) in [7, 11) is -4.06.